The first-order valence-electron chi connectivity index (χ1n) is 12.5. The van der Waals surface area contributed by atoms with Crippen LogP contribution in [0.5, 0.6) is 0 Å². The van der Waals surface area contributed by atoms with Gasteiger partial charge >= 0.3 is 0 Å². The molecular formula is C27H29F2N7O2. The molecule has 0 N–H and O–H groups in total. The number of aromatic nitrogens is 6. The first-order valence-corrected chi connectivity index (χ1v) is 12.5. The molecule has 11 heteroatoms. The molecule has 3 aromatic heterocycles. The fourth-order valence-corrected chi connectivity index (χ4v) is 4.52. The Morgan fingerprint density at radius 1 is 1.16 bits per heavy atom. The van der Waals surface area contributed by atoms with Crippen LogP contribution in [0.4, 0.5) is 8.78 Å². The summed E-state index contributed by atoms with van der Waals surface area (Å²) in [6, 6.07) is 3.42. The molecule has 4 aromatic rings. The van der Waals surface area contributed by atoms with Gasteiger partial charge in [0.15, 0.2) is 5.65 Å². The standard InChI is InChI=1S/C27H29F2N7O2/c1-15-16(2)32-27-25(31-15)24(21-6-5-20(28)12-22(21)29)33-26(34-27)18-7-10-38-23(11-18)19-13-30-36(14-19)9-8-35(4)17(3)37/h5-6,12-14,18,23H,7-11H2,1-4H3/t18-,23-/m0/s1. The Bertz CT molecular complexity index is 1510. The van der Waals surface area contributed by atoms with Crippen molar-refractivity contribution in [1.29, 1.82) is 0 Å². The lowest BCUT2D eigenvalue weighted by atomic mass is 9.92. The number of benzene rings is 1. The van der Waals surface area contributed by atoms with Gasteiger partial charge in [-0.3, -0.25) is 9.48 Å². The number of ether oxygens (including phenoxy) is 1. The molecule has 5 rings (SSSR count). The third-order valence-electron chi connectivity index (χ3n) is 7.02. The molecule has 0 saturated carbocycles. The summed E-state index contributed by atoms with van der Waals surface area (Å²) in [5.41, 5.74) is 3.54. The average molecular weight is 522 g/mol. The minimum absolute atomic E-state index is 0.00107. The van der Waals surface area contributed by atoms with Crippen LogP contribution in [0.15, 0.2) is 30.6 Å². The SMILES string of the molecule is CC(=O)N(C)CCn1cc([C@@H]2C[C@@H](c3nc(-c4ccc(F)cc4F)c4nc(C)c(C)nc4n3)CCO2)cn1. The van der Waals surface area contributed by atoms with Crippen LogP contribution in [0.3, 0.4) is 0 Å². The van der Waals surface area contributed by atoms with Gasteiger partial charge in [-0.2, -0.15) is 5.10 Å². The third kappa shape index (κ3) is 5.24. The van der Waals surface area contributed by atoms with Crippen molar-refractivity contribution in [3.8, 4) is 11.3 Å². The average Bonchev–Trinajstić information content (AvgIpc) is 3.37. The predicted molar refractivity (Wildman–Crippen MR) is 136 cm³/mol. The first kappa shape index (κ1) is 25.8. The van der Waals surface area contributed by atoms with E-state index in [1.54, 1.807) is 22.8 Å². The van der Waals surface area contributed by atoms with Crippen molar-refractivity contribution in [2.45, 2.75) is 52.2 Å². The van der Waals surface area contributed by atoms with Gasteiger partial charge in [0.2, 0.25) is 5.91 Å². The number of nitrogens with zero attached hydrogens (tertiary/aromatic N) is 7. The zero-order valence-electron chi connectivity index (χ0n) is 21.8. The lowest BCUT2D eigenvalue weighted by Crippen LogP contribution is -2.27. The minimum atomic E-state index is -0.719. The van der Waals surface area contributed by atoms with Crippen LogP contribution in [0, 0.1) is 25.5 Å². The number of aryl methyl sites for hydroxylation is 2. The molecule has 38 heavy (non-hydrogen) atoms. The number of halogens is 2. The van der Waals surface area contributed by atoms with Crippen molar-refractivity contribution in [3.63, 3.8) is 0 Å². The van der Waals surface area contributed by atoms with Gasteiger partial charge in [0.05, 0.1) is 30.2 Å². The summed E-state index contributed by atoms with van der Waals surface area (Å²) in [5, 5.41) is 4.43. The van der Waals surface area contributed by atoms with E-state index in [1.807, 2.05) is 20.0 Å². The second-order valence-electron chi connectivity index (χ2n) is 9.68. The Kier molecular flexibility index (Phi) is 7.11. The number of amides is 1. The van der Waals surface area contributed by atoms with E-state index < -0.39 is 11.6 Å². The van der Waals surface area contributed by atoms with Crippen LogP contribution >= 0.6 is 0 Å². The van der Waals surface area contributed by atoms with Crippen LogP contribution in [-0.2, 0) is 16.1 Å². The summed E-state index contributed by atoms with van der Waals surface area (Å²) < 4.78 is 36.4. The number of carbonyl (C=O) groups excluding carboxylic acids is 1. The number of carbonyl (C=O) groups is 1. The van der Waals surface area contributed by atoms with Crippen molar-refractivity contribution in [2.75, 3.05) is 20.2 Å². The highest BCUT2D eigenvalue weighted by Gasteiger charge is 2.29. The number of fused-ring (bicyclic) bond motifs is 1. The molecule has 4 heterocycles. The smallest absolute Gasteiger partial charge is 0.219 e. The van der Waals surface area contributed by atoms with E-state index in [9.17, 15) is 13.6 Å². The summed E-state index contributed by atoms with van der Waals surface area (Å²) >= 11 is 0. The molecule has 2 atom stereocenters. The van der Waals surface area contributed by atoms with E-state index >= 15 is 0 Å². The molecule has 9 nitrogen and oxygen atoms in total. The fraction of sp³-hybridized carbons (Fsp3) is 0.407. The van der Waals surface area contributed by atoms with Gasteiger partial charge in [0.25, 0.3) is 0 Å². The van der Waals surface area contributed by atoms with E-state index in [-0.39, 0.29) is 23.5 Å². The molecule has 0 spiro atoms. The monoisotopic (exact) mass is 521 g/mol. The predicted octanol–water partition coefficient (Wildman–Crippen LogP) is 4.29. The van der Waals surface area contributed by atoms with Gasteiger partial charge in [-0.15, -0.1) is 0 Å². The van der Waals surface area contributed by atoms with Gasteiger partial charge in [-0.25, -0.2) is 28.7 Å². The normalized spacial score (nSPS) is 17.6. The molecule has 1 amide bonds. The summed E-state index contributed by atoms with van der Waals surface area (Å²) in [7, 11) is 1.75. The zero-order valence-corrected chi connectivity index (χ0v) is 21.8. The Morgan fingerprint density at radius 3 is 2.71 bits per heavy atom. The maximum absolute atomic E-state index is 14.9. The van der Waals surface area contributed by atoms with Crippen LogP contribution in [0.25, 0.3) is 22.4 Å². The largest absolute Gasteiger partial charge is 0.373 e. The Labute approximate surface area is 218 Å². The zero-order chi connectivity index (χ0) is 27.0. The molecule has 1 fully saturated rings. The first-order chi connectivity index (χ1) is 18.2. The molecule has 0 bridgehead atoms. The summed E-state index contributed by atoms with van der Waals surface area (Å²) in [5.74, 6) is -0.929. The van der Waals surface area contributed by atoms with Crippen molar-refractivity contribution < 1.29 is 18.3 Å². The molecule has 0 unspecified atom stereocenters. The topological polar surface area (TPSA) is 98.9 Å². The van der Waals surface area contributed by atoms with Crippen LogP contribution in [0.2, 0.25) is 0 Å². The van der Waals surface area contributed by atoms with Crippen LogP contribution in [0.1, 0.15) is 54.6 Å². The number of rotatable bonds is 6. The second-order valence-corrected chi connectivity index (χ2v) is 9.68. The van der Waals surface area contributed by atoms with E-state index in [2.05, 4.69) is 15.1 Å². The van der Waals surface area contributed by atoms with Crippen molar-refractivity contribution in [1.82, 2.24) is 34.6 Å². The number of hydrogen-bond acceptors (Lipinski definition) is 7. The van der Waals surface area contributed by atoms with E-state index in [0.29, 0.717) is 60.9 Å². The van der Waals surface area contributed by atoms with Gasteiger partial charge in [0, 0.05) is 56.4 Å². The highest BCUT2D eigenvalue weighted by molar-refractivity contribution is 5.87. The number of hydrogen-bond donors (Lipinski definition) is 0. The molecule has 1 aliphatic rings. The molecule has 0 aliphatic carbocycles. The Balaban J connectivity index is 1.46. The summed E-state index contributed by atoms with van der Waals surface area (Å²) in [4.78, 5) is 31.8. The maximum atomic E-state index is 14.9. The second kappa shape index (κ2) is 10.5. The molecule has 198 valence electrons. The molecular weight excluding hydrogens is 492 g/mol. The van der Waals surface area contributed by atoms with Gasteiger partial charge in [-0.1, -0.05) is 0 Å². The van der Waals surface area contributed by atoms with E-state index in [1.165, 1.54) is 19.1 Å². The van der Waals surface area contributed by atoms with Crippen molar-refractivity contribution in [3.05, 3.63) is 65.0 Å². The van der Waals surface area contributed by atoms with Crippen LogP contribution in [-0.4, -0.2) is 60.7 Å². The lowest BCUT2D eigenvalue weighted by Gasteiger charge is -2.28. The Hall–Kier alpha value is -3.86. The molecule has 1 aliphatic heterocycles. The van der Waals surface area contributed by atoms with Gasteiger partial charge in [0.1, 0.15) is 28.7 Å². The fourth-order valence-electron chi connectivity index (χ4n) is 4.52. The van der Waals surface area contributed by atoms with Gasteiger partial charge in [-0.05, 0) is 38.8 Å². The van der Waals surface area contributed by atoms with Crippen molar-refractivity contribution in [2.24, 2.45) is 0 Å². The summed E-state index contributed by atoms with van der Waals surface area (Å²) in [6.07, 6.45) is 4.78. The lowest BCUT2D eigenvalue weighted by molar-refractivity contribution is -0.127. The quantitative estimate of drug-likeness (QED) is 0.373. The highest BCUT2D eigenvalue weighted by Crippen LogP contribution is 2.38. The van der Waals surface area contributed by atoms with Crippen molar-refractivity contribution >= 4 is 17.1 Å². The maximum Gasteiger partial charge on any atom is 0.219 e. The number of likely N-dealkylation sites (N-methyl/N-ethyl adjacent to an activating group) is 1. The Morgan fingerprint density at radius 2 is 1.95 bits per heavy atom. The highest BCUT2D eigenvalue weighted by atomic mass is 19.1. The third-order valence-corrected chi connectivity index (χ3v) is 7.02. The van der Waals surface area contributed by atoms with Crippen LogP contribution < -0.4 is 0 Å². The van der Waals surface area contributed by atoms with Gasteiger partial charge < -0.3 is 9.64 Å². The minimum Gasteiger partial charge on any atom is -0.373 e. The van der Waals surface area contributed by atoms with E-state index in [4.69, 9.17) is 14.7 Å². The van der Waals surface area contributed by atoms with E-state index in [0.717, 1.165) is 17.3 Å². The summed E-state index contributed by atoms with van der Waals surface area (Å²) in [6.45, 7) is 6.82. The molecule has 1 aromatic carbocycles. The molecule has 0 radical (unpaired) electrons. The molecule has 1 saturated heterocycles.